The molecule has 54 heavy (non-hydrogen) atoms. The van der Waals surface area contributed by atoms with Gasteiger partial charge < -0.3 is 14.6 Å². The molecule has 4 aromatic carbocycles. The number of methoxy groups -OCH3 is 1. The number of phenols is 1. The van der Waals surface area contributed by atoms with Crippen molar-refractivity contribution in [3.63, 3.8) is 0 Å². The molecule has 2 aliphatic carbocycles. The second kappa shape index (κ2) is 13.8. The Morgan fingerprint density at radius 1 is 0.926 bits per heavy atom. The van der Waals surface area contributed by atoms with Crippen molar-refractivity contribution in [3.8, 4) is 17.2 Å². The van der Waals surface area contributed by atoms with Gasteiger partial charge in [-0.05, 0) is 91.9 Å². The molecule has 4 aromatic rings. The van der Waals surface area contributed by atoms with E-state index < -0.39 is 46.8 Å². The zero-order valence-corrected chi connectivity index (χ0v) is 32.2. The molecule has 0 spiro atoms. The average molecular weight is 832 g/mol. The number of nitrogens with zero attached hydrogens (tertiary/aromatic N) is 2. The number of fused-ring (bicyclic) bond motifs is 4. The van der Waals surface area contributed by atoms with Crippen LogP contribution in [0.5, 0.6) is 17.2 Å². The Labute approximate surface area is 329 Å². The molecule has 0 unspecified atom stereocenters. The number of aromatic hydroxyl groups is 1. The van der Waals surface area contributed by atoms with Crippen LogP contribution in [-0.2, 0) is 24.6 Å². The molecule has 2 heterocycles. The SMILES string of the molecule is CCOc1cccc([C@H]2C3=CC[C@@H]4C(=O)N(c5ccc(Br)cc5)C(=O)[C@@H]4[C@@H]3C[C@H]3C(=O)N(Nc4ccc(Cl)cc4Cl)C(=O)[C@@]23c2ccc(OC)cc2)c1O. The van der Waals surface area contributed by atoms with E-state index in [4.69, 9.17) is 32.7 Å². The first kappa shape index (κ1) is 36.2. The fourth-order valence-electron chi connectivity index (χ4n) is 9.08. The Morgan fingerprint density at radius 2 is 1.67 bits per heavy atom. The van der Waals surface area contributed by atoms with Crippen LogP contribution in [0, 0.1) is 23.7 Å². The van der Waals surface area contributed by atoms with Crippen LogP contribution >= 0.6 is 39.1 Å². The molecule has 13 heteroatoms. The lowest BCUT2D eigenvalue weighted by molar-refractivity contribution is -0.138. The van der Waals surface area contributed by atoms with Crippen LogP contribution in [0.15, 0.2) is 101 Å². The van der Waals surface area contributed by atoms with Crippen LogP contribution in [0.4, 0.5) is 11.4 Å². The molecule has 6 atom stereocenters. The number of imide groups is 2. The molecule has 2 aliphatic heterocycles. The first-order valence-corrected chi connectivity index (χ1v) is 19.1. The third-order valence-corrected chi connectivity index (χ3v) is 12.4. The van der Waals surface area contributed by atoms with E-state index in [0.717, 1.165) is 9.48 Å². The number of para-hydroxylation sites is 1. The number of nitrogens with one attached hydrogen (secondary N) is 1. The van der Waals surface area contributed by atoms with Gasteiger partial charge in [-0.25, -0.2) is 0 Å². The predicted molar refractivity (Wildman–Crippen MR) is 207 cm³/mol. The lowest BCUT2D eigenvalue weighted by atomic mass is 9.49. The van der Waals surface area contributed by atoms with Gasteiger partial charge in [0.25, 0.3) is 11.8 Å². The van der Waals surface area contributed by atoms with Crippen molar-refractivity contribution in [1.29, 1.82) is 0 Å². The van der Waals surface area contributed by atoms with Crippen molar-refractivity contribution in [1.82, 2.24) is 5.01 Å². The Kier molecular flexibility index (Phi) is 9.23. The summed E-state index contributed by atoms with van der Waals surface area (Å²) in [6.45, 7) is 2.06. The van der Waals surface area contributed by atoms with Crippen LogP contribution in [0.3, 0.4) is 0 Å². The standard InChI is InChI=1S/C41H34BrCl2N3O7/c1-3-54-33-6-4-5-28(36(33)48)35-26-16-17-27-34(39(51)46(37(27)49)24-12-9-22(42)10-13-24)29(26)20-30-38(50)47(45-32-18-11-23(43)19-31(32)44)40(52)41(30,35)21-7-14-25(53-2)15-8-21/h4-16,18-19,27,29-30,34-35,45,48H,3,17,20H2,1-2H3/t27-,29+,30-,34-,35+,41+/m0/s1. The normalized spacial score (nSPS) is 25.9. The molecular formula is C41H34BrCl2N3O7. The van der Waals surface area contributed by atoms with Crippen LogP contribution < -0.4 is 19.8 Å². The highest BCUT2D eigenvalue weighted by atomic mass is 79.9. The van der Waals surface area contributed by atoms with Gasteiger partial charge in [-0.15, -0.1) is 0 Å². The third-order valence-electron chi connectivity index (χ3n) is 11.3. The molecule has 0 radical (unpaired) electrons. The largest absolute Gasteiger partial charge is 0.504 e. The van der Waals surface area contributed by atoms with Crippen molar-refractivity contribution in [2.45, 2.75) is 31.1 Å². The molecule has 3 fully saturated rings. The van der Waals surface area contributed by atoms with E-state index in [9.17, 15) is 19.5 Å². The molecule has 2 saturated heterocycles. The maximum Gasteiger partial charge on any atom is 0.260 e. The first-order valence-electron chi connectivity index (χ1n) is 17.5. The van der Waals surface area contributed by atoms with Crippen LogP contribution in [-0.4, -0.2) is 47.5 Å². The molecule has 0 bridgehead atoms. The second-order valence-electron chi connectivity index (χ2n) is 13.8. The van der Waals surface area contributed by atoms with Gasteiger partial charge in [-0.1, -0.05) is 75.0 Å². The minimum absolute atomic E-state index is 0.0751. The highest BCUT2D eigenvalue weighted by Crippen LogP contribution is 2.65. The summed E-state index contributed by atoms with van der Waals surface area (Å²) < 4.78 is 12.1. The van der Waals surface area contributed by atoms with Gasteiger partial charge in [0.1, 0.15) is 5.75 Å². The number of hydrogen-bond acceptors (Lipinski definition) is 8. The van der Waals surface area contributed by atoms with Gasteiger partial charge in [-0.2, -0.15) is 5.01 Å². The molecule has 10 nitrogen and oxygen atoms in total. The van der Waals surface area contributed by atoms with Crippen LogP contribution in [0.25, 0.3) is 0 Å². The molecule has 8 rings (SSSR count). The van der Waals surface area contributed by atoms with Crippen molar-refractivity contribution in [3.05, 3.63) is 122 Å². The summed E-state index contributed by atoms with van der Waals surface area (Å²) in [4.78, 5) is 60.3. The number of benzene rings is 4. The lowest BCUT2D eigenvalue weighted by Gasteiger charge is -2.50. The number of carbonyl (C=O) groups is 4. The number of allylic oxidation sites excluding steroid dienone is 2. The lowest BCUT2D eigenvalue weighted by Crippen LogP contribution is -2.53. The summed E-state index contributed by atoms with van der Waals surface area (Å²) in [5.74, 6) is -5.39. The van der Waals surface area contributed by atoms with Gasteiger partial charge in [0.2, 0.25) is 11.8 Å². The van der Waals surface area contributed by atoms with E-state index in [2.05, 4.69) is 21.4 Å². The second-order valence-corrected chi connectivity index (χ2v) is 15.6. The van der Waals surface area contributed by atoms with E-state index in [0.29, 0.717) is 33.2 Å². The van der Waals surface area contributed by atoms with Gasteiger partial charge >= 0.3 is 0 Å². The van der Waals surface area contributed by atoms with Crippen molar-refractivity contribution >= 4 is 74.1 Å². The molecular weight excluding hydrogens is 797 g/mol. The predicted octanol–water partition coefficient (Wildman–Crippen LogP) is 8.06. The van der Waals surface area contributed by atoms with Gasteiger partial charge in [0.15, 0.2) is 11.5 Å². The summed E-state index contributed by atoms with van der Waals surface area (Å²) in [7, 11) is 1.54. The molecule has 1 saturated carbocycles. The number of hydrogen-bond donors (Lipinski definition) is 2. The maximum atomic E-state index is 15.5. The van der Waals surface area contributed by atoms with Gasteiger partial charge in [0.05, 0.1) is 53.3 Å². The average Bonchev–Trinajstić information content (AvgIpc) is 3.55. The van der Waals surface area contributed by atoms with Crippen LogP contribution in [0.2, 0.25) is 10.0 Å². The van der Waals surface area contributed by atoms with Crippen molar-refractivity contribution in [2.24, 2.45) is 23.7 Å². The summed E-state index contributed by atoms with van der Waals surface area (Å²) in [6.07, 6.45) is 2.24. The highest BCUT2D eigenvalue weighted by Gasteiger charge is 2.70. The summed E-state index contributed by atoms with van der Waals surface area (Å²) in [6, 6.07) is 23.7. The molecule has 4 amide bonds. The highest BCUT2D eigenvalue weighted by molar-refractivity contribution is 9.10. The Balaban J connectivity index is 1.35. The van der Waals surface area contributed by atoms with E-state index >= 15 is 4.79 Å². The van der Waals surface area contributed by atoms with Gasteiger partial charge in [0, 0.05) is 21.0 Å². The van der Waals surface area contributed by atoms with E-state index in [-0.39, 0.29) is 53.5 Å². The minimum atomic E-state index is -1.64. The monoisotopic (exact) mass is 829 g/mol. The maximum absolute atomic E-state index is 15.5. The van der Waals surface area contributed by atoms with E-state index in [1.165, 1.54) is 18.1 Å². The minimum Gasteiger partial charge on any atom is -0.504 e. The quantitative estimate of drug-likeness (QED) is 0.135. The fraction of sp³-hybridized carbons (Fsp3) is 0.268. The number of carbonyl (C=O) groups excluding carboxylic acids is 4. The molecule has 2 N–H and O–H groups in total. The number of anilines is 2. The third kappa shape index (κ3) is 5.42. The fourth-order valence-corrected chi connectivity index (χ4v) is 9.79. The summed E-state index contributed by atoms with van der Waals surface area (Å²) in [5, 5.41) is 13.5. The zero-order chi connectivity index (χ0) is 38.1. The summed E-state index contributed by atoms with van der Waals surface area (Å²) in [5.41, 5.74) is 3.64. The molecule has 0 aromatic heterocycles. The number of hydrazine groups is 1. The smallest absolute Gasteiger partial charge is 0.260 e. The number of ether oxygens (including phenoxy) is 2. The van der Waals surface area contributed by atoms with Crippen molar-refractivity contribution in [2.75, 3.05) is 24.0 Å². The molecule has 276 valence electrons. The topological polar surface area (TPSA) is 125 Å². The number of halogens is 3. The number of amides is 4. The zero-order valence-electron chi connectivity index (χ0n) is 29.1. The number of rotatable bonds is 8. The summed E-state index contributed by atoms with van der Waals surface area (Å²) >= 11 is 16.2. The Bertz CT molecular complexity index is 2250. The number of phenolic OH excluding ortho intramolecular Hbond substituents is 1. The van der Waals surface area contributed by atoms with Crippen molar-refractivity contribution < 1.29 is 33.8 Å². The Hall–Kier alpha value is -4.84. The van der Waals surface area contributed by atoms with Gasteiger partial charge in [-0.3, -0.25) is 29.5 Å². The van der Waals surface area contributed by atoms with Crippen LogP contribution in [0.1, 0.15) is 36.8 Å². The Morgan fingerprint density at radius 3 is 2.35 bits per heavy atom. The molecule has 4 aliphatic rings. The van der Waals surface area contributed by atoms with E-state index in [1.54, 1.807) is 85.8 Å². The van der Waals surface area contributed by atoms with E-state index in [1.807, 2.05) is 6.08 Å². The first-order chi connectivity index (χ1) is 26.0.